The molecule has 1 aromatic heterocycles. The van der Waals surface area contributed by atoms with Gasteiger partial charge in [0.25, 0.3) is 5.56 Å². The van der Waals surface area contributed by atoms with Gasteiger partial charge in [0, 0.05) is 0 Å². The maximum atomic E-state index is 12.9. The van der Waals surface area contributed by atoms with Gasteiger partial charge in [-0.05, 0) is 30.2 Å². The fourth-order valence-electron chi connectivity index (χ4n) is 3.46. The van der Waals surface area contributed by atoms with E-state index in [0.29, 0.717) is 5.69 Å². The van der Waals surface area contributed by atoms with Crippen LogP contribution in [-0.4, -0.2) is 26.3 Å². The van der Waals surface area contributed by atoms with Gasteiger partial charge in [0.05, 0.1) is 23.0 Å². The van der Waals surface area contributed by atoms with Crippen molar-refractivity contribution in [2.45, 2.75) is 18.1 Å². The highest BCUT2D eigenvalue weighted by atomic mass is 32.2. The number of carbonyl (C=O) groups excluding carboxylic acids is 1. The van der Waals surface area contributed by atoms with Crippen molar-refractivity contribution < 1.29 is 9.90 Å². The minimum absolute atomic E-state index is 0.0257. The van der Waals surface area contributed by atoms with Gasteiger partial charge in [0.2, 0.25) is 11.8 Å². The Morgan fingerprint density at radius 2 is 1.45 bits per heavy atom. The highest BCUT2D eigenvalue weighted by Crippen LogP contribution is 2.24. The molecule has 33 heavy (non-hydrogen) atoms. The van der Waals surface area contributed by atoms with Crippen LogP contribution in [0.25, 0.3) is 5.69 Å². The second kappa shape index (κ2) is 10.2. The van der Waals surface area contributed by atoms with E-state index >= 15 is 0 Å². The molecule has 7 heteroatoms. The van der Waals surface area contributed by atoms with Crippen LogP contribution >= 0.6 is 11.8 Å². The maximum Gasteiger partial charge on any atom is 0.265 e. The van der Waals surface area contributed by atoms with Crippen LogP contribution in [0.5, 0.6) is 5.88 Å². The molecule has 2 N–H and O–H groups in total. The largest absolute Gasteiger partial charge is 0.493 e. The molecule has 0 fully saturated rings. The quantitative estimate of drug-likeness (QED) is 0.320. The average molecular weight is 458 g/mol. The number of carbonyl (C=O) groups is 1. The van der Waals surface area contributed by atoms with Crippen molar-refractivity contribution in [3.8, 4) is 11.6 Å². The molecule has 3 aromatic carbocycles. The van der Waals surface area contributed by atoms with E-state index in [1.54, 1.807) is 12.1 Å². The molecule has 0 radical (unpaired) electrons. The minimum atomic E-state index is -0.372. The molecule has 0 aliphatic heterocycles. The summed E-state index contributed by atoms with van der Waals surface area (Å²) in [5, 5.41) is 13.5. The van der Waals surface area contributed by atoms with Gasteiger partial charge in [-0.25, -0.2) is 0 Å². The molecule has 0 saturated carbocycles. The first-order valence-corrected chi connectivity index (χ1v) is 11.4. The summed E-state index contributed by atoms with van der Waals surface area (Å²) in [5.41, 5.74) is 2.33. The van der Waals surface area contributed by atoms with Gasteiger partial charge in [-0.3, -0.25) is 14.2 Å². The van der Waals surface area contributed by atoms with Crippen molar-refractivity contribution in [1.29, 1.82) is 0 Å². The average Bonchev–Trinajstić information content (AvgIpc) is 2.86. The fourth-order valence-corrected chi connectivity index (χ4v) is 4.27. The van der Waals surface area contributed by atoms with E-state index in [2.05, 4.69) is 10.3 Å². The fraction of sp³-hybridized carbons (Fsp3) is 0.115. The van der Waals surface area contributed by atoms with Crippen LogP contribution in [0.2, 0.25) is 0 Å². The van der Waals surface area contributed by atoms with Gasteiger partial charge in [0.1, 0.15) is 0 Å². The number of rotatable bonds is 7. The highest BCUT2D eigenvalue weighted by Gasteiger charge is 2.19. The molecular weight excluding hydrogens is 434 g/mol. The Morgan fingerprint density at radius 3 is 2.00 bits per heavy atom. The number of aromatic nitrogens is 2. The standard InChI is InChI=1S/C26H23N3O3S/c1-18-24(31)28-26(29(25(18)32)21-15-9-4-10-16-21)33-17-22(30)27-23(19-11-5-2-6-12-19)20-13-7-3-8-14-20/h2-16,23,31H,17H2,1H3,(H,27,30). The zero-order chi connectivity index (χ0) is 23.2. The molecule has 4 rings (SSSR count). The van der Waals surface area contributed by atoms with Crippen molar-refractivity contribution in [2.75, 3.05) is 5.75 Å². The van der Waals surface area contributed by atoms with Gasteiger partial charge < -0.3 is 10.4 Å². The Kier molecular flexibility index (Phi) is 6.90. The van der Waals surface area contributed by atoms with E-state index in [1.165, 1.54) is 11.5 Å². The lowest BCUT2D eigenvalue weighted by Crippen LogP contribution is -2.31. The Morgan fingerprint density at radius 1 is 0.939 bits per heavy atom. The Labute approximate surface area is 196 Å². The first-order chi connectivity index (χ1) is 16.0. The van der Waals surface area contributed by atoms with E-state index < -0.39 is 0 Å². The van der Waals surface area contributed by atoms with E-state index in [4.69, 9.17) is 0 Å². The minimum Gasteiger partial charge on any atom is -0.493 e. The molecule has 0 unspecified atom stereocenters. The number of benzene rings is 3. The normalized spacial score (nSPS) is 10.8. The second-order valence-corrected chi connectivity index (χ2v) is 8.37. The molecular formula is C26H23N3O3S. The molecule has 1 amide bonds. The first-order valence-electron chi connectivity index (χ1n) is 10.4. The van der Waals surface area contributed by atoms with Crippen LogP contribution in [0.1, 0.15) is 22.7 Å². The third-order valence-electron chi connectivity index (χ3n) is 5.17. The molecule has 0 saturated heterocycles. The molecule has 0 spiro atoms. The van der Waals surface area contributed by atoms with Crippen LogP contribution < -0.4 is 10.9 Å². The van der Waals surface area contributed by atoms with Crippen LogP contribution in [0.15, 0.2) is 101 Å². The number of hydrogen-bond acceptors (Lipinski definition) is 5. The predicted octanol–water partition coefficient (Wildman–Crippen LogP) is 4.24. The summed E-state index contributed by atoms with van der Waals surface area (Å²) >= 11 is 1.10. The van der Waals surface area contributed by atoms with E-state index in [9.17, 15) is 14.7 Å². The van der Waals surface area contributed by atoms with Crippen molar-refractivity contribution in [1.82, 2.24) is 14.9 Å². The van der Waals surface area contributed by atoms with Crippen molar-refractivity contribution >= 4 is 17.7 Å². The number of aromatic hydroxyl groups is 1. The van der Waals surface area contributed by atoms with Gasteiger partial charge in [0.15, 0.2) is 5.16 Å². The topological polar surface area (TPSA) is 84.2 Å². The third-order valence-corrected chi connectivity index (χ3v) is 6.11. The SMILES string of the molecule is Cc1c(O)nc(SCC(=O)NC(c2ccccc2)c2ccccc2)n(-c2ccccc2)c1=O. The molecule has 6 nitrogen and oxygen atoms in total. The monoisotopic (exact) mass is 457 g/mol. The summed E-state index contributed by atoms with van der Waals surface area (Å²) in [6.45, 7) is 1.52. The number of hydrogen-bond donors (Lipinski definition) is 2. The number of nitrogens with one attached hydrogen (secondary N) is 1. The number of thioether (sulfide) groups is 1. The van der Waals surface area contributed by atoms with Crippen LogP contribution in [0.4, 0.5) is 0 Å². The summed E-state index contributed by atoms with van der Waals surface area (Å²) in [6, 6.07) is 28.2. The third kappa shape index (κ3) is 5.15. The summed E-state index contributed by atoms with van der Waals surface area (Å²) in [4.78, 5) is 30.0. The van der Waals surface area contributed by atoms with Crippen LogP contribution in [0.3, 0.4) is 0 Å². The van der Waals surface area contributed by atoms with Crippen LogP contribution in [-0.2, 0) is 4.79 Å². The van der Waals surface area contributed by atoms with E-state index in [0.717, 1.165) is 22.9 Å². The van der Waals surface area contributed by atoms with Crippen LogP contribution in [0, 0.1) is 6.92 Å². The lowest BCUT2D eigenvalue weighted by Gasteiger charge is -2.20. The Hall–Kier alpha value is -3.84. The Balaban J connectivity index is 1.58. The van der Waals surface area contributed by atoms with Crippen molar-refractivity contribution in [2.24, 2.45) is 0 Å². The van der Waals surface area contributed by atoms with Gasteiger partial charge in [-0.15, -0.1) is 0 Å². The van der Waals surface area contributed by atoms with Gasteiger partial charge in [-0.1, -0.05) is 90.6 Å². The lowest BCUT2D eigenvalue weighted by molar-refractivity contribution is -0.119. The van der Waals surface area contributed by atoms with Gasteiger partial charge in [-0.2, -0.15) is 4.98 Å². The second-order valence-electron chi connectivity index (χ2n) is 7.43. The zero-order valence-electron chi connectivity index (χ0n) is 18.0. The molecule has 166 valence electrons. The summed E-state index contributed by atoms with van der Waals surface area (Å²) in [5.74, 6) is -0.522. The molecule has 0 aliphatic rings. The van der Waals surface area contributed by atoms with Gasteiger partial charge >= 0.3 is 0 Å². The summed E-state index contributed by atoms with van der Waals surface area (Å²) in [6.07, 6.45) is 0. The van der Waals surface area contributed by atoms with E-state index in [1.807, 2.05) is 78.9 Å². The predicted molar refractivity (Wildman–Crippen MR) is 130 cm³/mol. The molecule has 1 heterocycles. The number of amides is 1. The van der Waals surface area contributed by atoms with E-state index in [-0.39, 0.29) is 39.9 Å². The van der Waals surface area contributed by atoms with Crippen molar-refractivity contribution in [3.05, 3.63) is 118 Å². The lowest BCUT2D eigenvalue weighted by atomic mass is 9.99. The first kappa shape index (κ1) is 22.4. The smallest absolute Gasteiger partial charge is 0.265 e. The highest BCUT2D eigenvalue weighted by molar-refractivity contribution is 7.99. The maximum absolute atomic E-state index is 12.9. The summed E-state index contributed by atoms with van der Waals surface area (Å²) in [7, 11) is 0. The molecule has 0 atom stereocenters. The molecule has 0 bridgehead atoms. The zero-order valence-corrected chi connectivity index (χ0v) is 18.8. The van der Waals surface area contributed by atoms with Crippen molar-refractivity contribution in [3.63, 3.8) is 0 Å². The number of nitrogens with zero attached hydrogens (tertiary/aromatic N) is 2. The Bertz CT molecular complexity index is 1250. The molecule has 4 aromatic rings. The number of para-hydroxylation sites is 1. The molecule has 0 aliphatic carbocycles. The summed E-state index contributed by atoms with van der Waals surface area (Å²) < 4.78 is 1.42.